The highest BCUT2D eigenvalue weighted by molar-refractivity contribution is 7.88. The SMILES string of the molecule is Cc1ccccc1CS(=O)(=O)NCc1nc(C)c(Cc2ccccc2)s1. The van der Waals surface area contributed by atoms with Crippen molar-refractivity contribution in [3.05, 3.63) is 86.9 Å². The molecule has 1 aromatic heterocycles. The van der Waals surface area contributed by atoms with Crippen LogP contribution in [0.3, 0.4) is 0 Å². The zero-order valence-corrected chi connectivity index (χ0v) is 16.5. The van der Waals surface area contributed by atoms with Crippen molar-refractivity contribution >= 4 is 21.4 Å². The predicted octanol–water partition coefficient (Wildman–Crippen LogP) is 3.97. The van der Waals surface area contributed by atoms with Crippen LogP contribution < -0.4 is 4.72 Å². The normalized spacial score (nSPS) is 11.6. The summed E-state index contributed by atoms with van der Waals surface area (Å²) in [6.07, 6.45) is 0.820. The molecule has 26 heavy (non-hydrogen) atoms. The highest BCUT2D eigenvalue weighted by atomic mass is 32.2. The molecule has 2 aromatic carbocycles. The predicted molar refractivity (Wildman–Crippen MR) is 107 cm³/mol. The van der Waals surface area contributed by atoms with E-state index in [0.29, 0.717) is 0 Å². The first-order valence-corrected chi connectivity index (χ1v) is 10.9. The van der Waals surface area contributed by atoms with Gasteiger partial charge in [0, 0.05) is 11.3 Å². The van der Waals surface area contributed by atoms with Gasteiger partial charge < -0.3 is 0 Å². The van der Waals surface area contributed by atoms with E-state index in [1.54, 1.807) is 11.3 Å². The average molecular weight is 387 g/mol. The smallest absolute Gasteiger partial charge is 0.216 e. The Morgan fingerprint density at radius 2 is 1.69 bits per heavy atom. The summed E-state index contributed by atoms with van der Waals surface area (Å²) in [7, 11) is -3.40. The third-order valence-corrected chi connectivity index (χ3v) is 6.63. The lowest BCUT2D eigenvalue weighted by Crippen LogP contribution is -2.25. The van der Waals surface area contributed by atoms with Crippen molar-refractivity contribution < 1.29 is 8.42 Å². The number of hydrogen-bond acceptors (Lipinski definition) is 4. The summed E-state index contributed by atoms with van der Waals surface area (Å²) in [6.45, 7) is 4.12. The second-order valence-corrected chi connectivity index (χ2v) is 9.26. The van der Waals surface area contributed by atoms with E-state index in [1.165, 1.54) is 10.4 Å². The van der Waals surface area contributed by atoms with E-state index in [-0.39, 0.29) is 12.3 Å². The summed E-state index contributed by atoms with van der Waals surface area (Å²) in [6, 6.07) is 17.7. The number of nitrogens with zero attached hydrogens (tertiary/aromatic N) is 1. The van der Waals surface area contributed by atoms with Crippen LogP contribution in [0.25, 0.3) is 0 Å². The van der Waals surface area contributed by atoms with Gasteiger partial charge in [-0.25, -0.2) is 18.1 Å². The Kier molecular flexibility index (Phi) is 5.86. The van der Waals surface area contributed by atoms with Crippen LogP contribution in [-0.4, -0.2) is 13.4 Å². The molecule has 4 nitrogen and oxygen atoms in total. The monoisotopic (exact) mass is 386 g/mol. The molecule has 3 rings (SSSR count). The van der Waals surface area contributed by atoms with E-state index in [9.17, 15) is 8.42 Å². The molecule has 0 saturated heterocycles. The van der Waals surface area contributed by atoms with E-state index < -0.39 is 10.0 Å². The molecule has 0 fully saturated rings. The number of aryl methyl sites for hydroxylation is 2. The molecule has 0 amide bonds. The van der Waals surface area contributed by atoms with E-state index in [0.717, 1.165) is 28.2 Å². The fraction of sp³-hybridized carbons (Fsp3) is 0.250. The number of rotatable bonds is 7. The third-order valence-electron chi connectivity index (χ3n) is 4.19. The van der Waals surface area contributed by atoms with Crippen LogP contribution in [0, 0.1) is 13.8 Å². The Hall–Kier alpha value is -2.02. The average Bonchev–Trinajstić information content (AvgIpc) is 2.96. The van der Waals surface area contributed by atoms with Gasteiger partial charge >= 0.3 is 0 Å². The minimum atomic E-state index is -3.40. The first-order valence-electron chi connectivity index (χ1n) is 8.44. The van der Waals surface area contributed by atoms with Gasteiger partial charge in [-0.15, -0.1) is 11.3 Å². The molecule has 3 aromatic rings. The molecule has 0 saturated carbocycles. The minimum absolute atomic E-state index is 0.0130. The van der Waals surface area contributed by atoms with Crippen LogP contribution >= 0.6 is 11.3 Å². The van der Waals surface area contributed by atoms with E-state index in [4.69, 9.17) is 0 Å². The maximum Gasteiger partial charge on any atom is 0.216 e. The summed E-state index contributed by atoms with van der Waals surface area (Å²) in [5.41, 5.74) is 3.99. The van der Waals surface area contributed by atoms with Gasteiger partial charge in [-0.2, -0.15) is 0 Å². The molecule has 1 heterocycles. The van der Waals surface area contributed by atoms with Crippen LogP contribution in [0.15, 0.2) is 54.6 Å². The fourth-order valence-corrected chi connectivity index (χ4v) is 5.04. The van der Waals surface area contributed by atoms with Gasteiger partial charge in [-0.05, 0) is 30.5 Å². The van der Waals surface area contributed by atoms with Crippen LogP contribution in [0.4, 0.5) is 0 Å². The lowest BCUT2D eigenvalue weighted by atomic mass is 10.1. The molecule has 1 N–H and O–H groups in total. The molecule has 0 unspecified atom stereocenters. The summed E-state index contributed by atoms with van der Waals surface area (Å²) in [5.74, 6) is -0.0130. The number of nitrogens with one attached hydrogen (secondary N) is 1. The zero-order chi connectivity index (χ0) is 18.6. The molecule has 0 bridgehead atoms. The van der Waals surface area contributed by atoms with Crippen molar-refractivity contribution in [2.24, 2.45) is 0 Å². The van der Waals surface area contributed by atoms with Crippen LogP contribution in [0.5, 0.6) is 0 Å². The van der Waals surface area contributed by atoms with Gasteiger partial charge in [0.25, 0.3) is 0 Å². The number of thiazole rings is 1. The topological polar surface area (TPSA) is 59.1 Å². The number of benzene rings is 2. The van der Waals surface area contributed by atoms with E-state index in [2.05, 4.69) is 21.8 Å². The maximum atomic E-state index is 12.4. The van der Waals surface area contributed by atoms with Gasteiger partial charge in [-0.3, -0.25) is 0 Å². The van der Waals surface area contributed by atoms with Crippen molar-refractivity contribution in [3.8, 4) is 0 Å². The van der Waals surface area contributed by atoms with Crippen molar-refractivity contribution in [2.75, 3.05) is 0 Å². The largest absolute Gasteiger partial charge is 0.245 e. The van der Waals surface area contributed by atoms with Gasteiger partial charge in [-0.1, -0.05) is 54.6 Å². The number of aromatic nitrogens is 1. The highest BCUT2D eigenvalue weighted by Gasteiger charge is 2.15. The first kappa shape index (κ1) is 18.8. The second kappa shape index (κ2) is 8.12. The first-order chi connectivity index (χ1) is 12.4. The van der Waals surface area contributed by atoms with Gasteiger partial charge in [0.2, 0.25) is 10.0 Å². The number of hydrogen-bond donors (Lipinski definition) is 1. The van der Waals surface area contributed by atoms with E-state index >= 15 is 0 Å². The lowest BCUT2D eigenvalue weighted by molar-refractivity contribution is 0.580. The summed E-state index contributed by atoms with van der Waals surface area (Å²) < 4.78 is 27.4. The summed E-state index contributed by atoms with van der Waals surface area (Å²) in [5, 5.41) is 0.793. The van der Waals surface area contributed by atoms with Crippen LogP contribution in [0.2, 0.25) is 0 Å². The lowest BCUT2D eigenvalue weighted by Gasteiger charge is -2.07. The molecule has 0 aliphatic rings. The van der Waals surface area contributed by atoms with Crippen LogP contribution in [0.1, 0.15) is 32.3 Å². The maximum absolute atomic E-state index is 12.4. The Morgan fingerprint density at radius 3 is 2.42 bits per heavy atom. The molecular formula is C20H22N2O2S2. The van der Waals surface area contributed by atoms with Gasteiger partial charge in [0.05, 0.1) is 18.0 Å². The molecule has 0 aliphatic heterocycles. The highest BCUT2D eigenvalue weighted by Crippen LogP contribution is 2.22. The molecule has 6 heteroatoms. The zero-order valence-electron chi connectivity index (χ0n) is 14.9. The molecule has 0 radical (unpaired) electrons. The standard InChI is InChI=1S/C20H22N2O2S2/c1-15-8-6-7-11-18(15)14-26(23,24)21-13-20-22-16(2)19(25-20)12-17-9-4-3-5-10-17/h3-11,21H,12-14H2,1-2H3. The molecular weight excluding hydrogens is 364 g/mol. The Morgan fingerprint density at radius 1 is 1.00 bits per heavy atom. The fourth-order valence-electron chi connectivity index (χ4n) is 2.71. The minimum Gasteiger partial charge on any atom is -0.245 e. The van der Waals surface area contributed by atoms with Crippen molar-refractivity contribution in [1.82, 2.24) is 9.71 Å². The van der Waals surface area contributed by atoms with Gasteiger partial charge in [0.1, 0.15) is 5.01 Å². The van der Waals surface area contributed by atoms with Crippen LogP contribution in [-0.2, 0) is 28.7 Å². The Balaban J connectivity index is 1.64. The summed E-state index contributed by atoms with van der Waals surface area (Å²) in [4.78, 5) is 5.70. The Bertz CT molecular complexity index is 980. The second-order valence-electron chi connectivity index (χ2n) is 6.29. The molecule has 0 spiro atoms. The van der Waals surface area contributed by atoms with Crippen molar-refractivity contribution in [1.29, 1.82) is 0 Å². The van der Waals surface area contributed by atoms with Gasteiger partial charge in [0.15, 0.2) is 0 Å². The Labute approximate surface area is 159 Å². The molecule has 136 valence electrons. The third kappa shape index (κ3) is 5.00. The molecule has 0 atom stereocenters. The molecule has 0 aliphatic carbocycles. The summed E-state index contributed by atoms with van der Waals surface area (Å²) >= 11 is 1.57. The quantitative estimate of drug-likeness (QED) is 0.668. The van der Waals surface area contributed by atoms with Crippen molar-refractivity contribution in [3.63, 3.8) is 0 Å². The van der Waals surface area contributed by atoms with Crippen molar-refractivity contribution in [2.45, 2.75) is 32.6 Å². The van der Waals surface area contributed by atoms with E-state index in [1.807, 2.05) is 56.3 Å². The number of sulfonamides is 1.